The number of esters is 1. The molecule has 0 atom stereocenters. The van der Waals surface area contributed by atoms with Crippen molar-refractivity contribution in [1.82, 2.24) is 4.57 Å². The first-order valence-electron chi connectivity index (χ1n) is 4.35. The first-order valence-corrected chi connectivity index (χ1v) is 4.35. The number of allylic oxidation sites excluding steroid dienone is 1. The van der Waals surface area contributed by atoms with Crippen LogP contribution in [0, 0.1) is 0 Å². The molecule has 1 aromatic heterocycles. The van der Waals surface area contributed by atoms with Gasteiger partial charge in [-0.2, -0.15) is 0 Å². The predicted molar refractivity (Wildman–Crippen MR) is 49.4 cm³/mol. The van der Waals surface area contributed by atoms with Crippen LogP contribution in [0.5, 0.6) is 0 Å². The lowest BCUT2D eigenvalue weighted by molar-refractivity contribution is 0.0526. The fourth-order valence-corrected chi connectivity index (χ4v) is 1.44. The molecular weight excluding hydrogens is 166 g/mol. The standard InChI is InChI=1S/C10H11NO2/c1-2-13-10(12)8-6-9-4-3-5-11(9)7-8/h3-4,6-7H,2,5H2,1H3. The number of carbonyl (C=O) groups is 1. The highest BCUT2D eigenvalue weighted by atomic mass is 16.5. The van der Waals surface area contributed by atoms with Gasteiger partial charge in [0.2, 0.25) is 0 Å². The quantitative estimate of drug-likeness (QED) is 0.644. The second kappa shape index (κ2) is 3.09. The minimum atomic E-state index is -0.238. The van der Waals surface area contributed by atoms with Crippen molar-refractivity contribution in [3.05, 3.63) is 29.6 Å². The number of carbonyl (C=O) groups excluding carboxylic acids is 1. The van der Waals surface area contributed by atoms with Crippen molar-refractivity contribution in [3.63, 3.8) is 0 Å². The summed E-state index contributed by atoms with van der Waals surface area (Å²) in [5, 5.41) is 0. The Bertz CT molecular complexity index is 363. The number of rotatable bonds is 2. The lowest BCUT2D eigenvalue weighted by Crippen LogP contribution is -2.03. The lowest BCUT2D eigenvalue weighted by Gasteiger charge is -1.97. The first-order chi connectivity index (χ1) is 6.31. The van der Waals surface area contributed by atoms with E-state index in [2.05, 4.69) is 6.08 Å². The molecule has 0 aliphatic carbocycles. The topological polar surface area (TPSA) is 31.2 Å². The van der Waals surface area contributed by atoms with E-state index < -0.39 is 0 Å². The lowest BCUT2D eigenvalue weighted by atomic mass is 10.3. The predicted octanol–water partition coefficient (Wildman–Crippen LogP) is 1.69. The highest BCUT2D eigenvalue weighted by molar-refractivity contribution is 5.90. The molecule has 2 rings (SSSR count). The van der Waals surface area contributed by atoms with Crippen molar-refractivity contribution in [3.8, 4) is 0 Å². The van der Waals surface area contributed by atoms with Gasteiger partial charge in [-0.25, -0.2) is 4.79 Å². The molecule has 0 fully saturated rings. The van der Waals surface area contributed by atoms with E-state index in [0.29, 0.717) is 12.2 Å². The summed E-state index contributed by atoms with van der Waals surface area (Å²) in [6, 6.07) is 1.85. The van der Waals surface area contributed by atoms with Crippen LogP contribution in [0.15, 0.2) is 18.3 Å². The van der Waals surface area contributed by atoms with Crippen molar-refractivity contribution in [2.24, 2.45) is 0 Å². The van der Waals surface area contributed by atoms with Crippen molar-refractivity contribution < 1.29 is 9.53 Å². The minimum absolute atomic E-state index is 0.238. The van der Waals surface area contributed by atoms with Gasteiger partial charge in [-0.15, -0.1) is 0 Å². The maximum Gasteiger partial charge on any atom is 0.339 e. The zero-order valence-corrected chi connectivity index (χ0v) is 7.49. The fraction of sp³-hybridized carbons (Fsp3) is 0.300. The molecule has 1 aromatic rings. The zero-order valence-electron chi connectivity index (χ0n) is 7.49. The molecule has 0 saturated heterocycles. The number of hydrogen-bond donors (Lipinski definition) is 0. The van der Waals surface area contributed by atoms with Gasteiger partial charge in [0, 0.05) is 18.4 Å². The SMILES string of the molecule is CCOC(=O)c1cc2n(c1)CC=C2. The summed E-state index contributed by atoms with van der Waals surface area (Å²) in [5.74, 6) is -0.238. The van der Waals surface area contributed by atoms with Crippen LogP contribution in [-0.2, 0) is 11.3 Å². The van der Waals surface area contributed by atoms with Gasteiger partial charge in [0.05, 0.1) is 12.2 Å². The van der Waals surface area contributed by atoms with Crippen molar-refractivity contribution in [2.45, 2.75) is 13.5 Å². The van der Waals surface area contributed by atoms with Crippen molar-refractivity contribution >= 4 is 12.0 Å². The van der Waals surface area contributed by atoms with E-state index in [1.54, 1.807) is 0 Å². The second-order valence-electron chi connectivity index (χ2n) is 2.93. The van der Waals surface area contributed by atoms with Gasteiger partial charge in [-0.1, -0.05) is 6.08 Å². The van der Waals surface area contributed by atoms with E-state index in [9.17, 15) is 4.79 Å². The average molecular weight is 177 g/mol. The smallest absolute Gasteiger partial charge is 0.339 e. The van der Waals surface area contributed by atoms with E-state index in [4.69, 9.17) is 4.74 Å². The Hall–Kier alpha value is -1.51. The average Bonchev–Trinajstić information content (AvgIpc) is 2.61. The molecule has 0 aromatic carbocycles. The normalized spacial score (nSPS) is 13.0. The molecule has 3 nitrogen and oxygen atoms in total. The Kier molecular flexibility index (Phi) is 1.93. The molecule has 13 heavy (non-hydrogen) atoms. The third kappa shape index (κ3) is 1.37. The molecule has 0 amide bonds. The highest BCUT2D eigenvalue weighted by Gasteiger charge is 2.12. The fourth-order valence-electron chi connectivity index (χ4n) is 1.44. The number of ether oxygens (including phenoxy) is 1. The maximum absolute atomic E-state index is 11.3. The summed E-state index contributed by atoms with van der Waals surface area (Å²) in [7, 11) is 0. The number of fused-ring (bicyclic) bond motifs is 1. The first kappa shape index (κ1) is 8.10. The van der Waals surface area contributed by atoms with E-state index in [0.717, 1.165) is 12.2 Å². The van der Waals surface area contributed by atoms with Crippen LogP contribution < -0.4 is 0 Å². The molecule has 0 saturated carbocycles. The van der Waals surface area contributed by atoms with Crippen LogP contribution in [0.1, 0.15) is 23.0 Å². The molecule has 3 heteroatoms. The summed E-state index contributed by atoms with van der Waals surface area (Å²) in [5.41, 5.74) is 1.71. The highest BCUT2D eigenvalue weighted by Crippen LogP contribution is 2.16. The van der Waals surface area contributed by atoms with Gasteiger partial charge in [0.1, 0.15) is 0 Å². The monoisotopic (exact) mass is 177 g/mol. The molecule has 0 bridgehead atoms. The largest absolute Gasteiger partial charge is 0.462 e. The molecule has 0 spiro atoms. The van der Waals surface area contributed by atoms with Crippen LogP contribution >= 0.6 is 0 Å². The van der Waals surface area contributed by atoms with Crippen LogP contribution in [0.2, 0.25) is 0 Å². The molecule has 0 N–H and O–H groups in total. The van der Waals surface area contributed by atoms with Crippen LogP contribution in [0.3, 0.4) is 0 Å². The van der Waals surface area contributed by atoms with E-state index in [-0.39, 0.29) is 5.97 Å². The van der Waals surface area contributed by atoms with Crippen LogP contribution in [-0.4, -0.2) is 17.1 Å². The van der Waals surface area contributed by atoms with E-state index in [1.165, 1.54) is 0 Å². The minimum Gasteiger partial charge on any atom is -0.462 e. The van der Waals surface area contributed by atoms with Gasteiger partial charge in [0.25, 0.3) is 0 Å². The molecule has 1 aliphatic heterocycles. The second-order valence-corrected chi connectivity index (χ2v) is 2.93. The number of aromatic nitrogens is 1. The number of hydrogen-bond acceptors (Lipinski definition) is 2. The third-order valence-corrected chi connectivity index (χ3v) is 2.03. The molecule has 2 heterocycles. The van der Waals surface area contributed by atoms with E-state index >= 15 is 0 Å². The molecule has 0 radical (unpaired) electrons. The summed E-state index contributed by atoms with van der Waals surface area (Å²) in [4.78, 5) is 11.3. The van der Waals surface area contributed by atoms with Gasteiger partial charge in [-0.3, -0.25) is 0 Å². The van der Waals surface area contributed by atoms with Gasteiger partial charge >= 0.3 is 5.97 Å². The molecule has 1 aliphatic rings. The summed E-state index contributed by atoms with van der Waals surface area (Å²) in [6.45, 7) is 3.09. The van der Waals surface area contributed by atoms with Crippen molar-refractivity contribution in [1.29, 1.82) is 0 Å². The van der Waals surface area contributed by atoms with Crippen molar-refractivity contribution in [2.75, 3.05) is 6.61 Å². The summed E-state index contributed by atoms with van der Waals surface area (Å²) in [6.07, 6.45) is 5.89. The molecule has 0 unspecified atom stereocenters. The Morgan fingerprint density at radius 3 is 3.23 bits per heavy atom. The van der Waals surface area contributed by atoms with Crippen LogP contribution in [0.25, 0.3) is 6.08 Å². The maximum atomic E-state index is 11.3. The zero-order chi connectivity index (χ0) is 9.26. The number of nitrogens with zero attached hydrogens (tertiary/aromatic N) is 1. The van der Waals surface area contributed by atoms with Gasteiger partial charge in [-0.05, 0) is 19.1 Å². The Morgan fingerprint density at radius 2 is 2.54 bits per heavy atom. The molecular formula is C10H11NO2. The van der Waals surface area contributed by atoms with Crippen LogP contribution in [0.4, 0.5) is 0 Å². The Labute approximate surface area is 76.6 Å². The van der Waals surface area contributed by atoms with Gasteiger partial charge in [0.15, 0.2) is 0 Å². The third-order valence-electron chi connectivity index (χ3n) is 2.03. The Balaban J connectivity index is 2.23. The summed E-state index contributed by atoms with van der Waals surface area (Å²) < 4.78 is 6.91. The summed E-state index contributed by atoms with van der Waals surface area (Å²) >= 11 is 0. The van der Waals surface area contributed by atoms with Gasteiger partial charge < -0.3 is 9.30 Å². The molecule has 68 valence electrons. The van der Waals surface area contributed by atoms with E-state index in [1.807, 2.05) is 29.8 Å². The Morgan fingerprint density at radius 1 is 1.69 bits per heavy atom.